The Balaban J connectivity index is 3.23. The molecule has 0 aliphatic heterocycles. The van der Waals surface area contributed by atoms with Gasteiger partial charge in [0, 0.05) is 4.47 Å². The molecule has 0 heterocycles. The topological polar surface area (TPSA) is 66.4 Å². The Bertz CT molecular complexity index is 394. The van der Waals surface area contributed by atoms with Crippen LogP contribution in [0.4, 0.5) is 10.1 Å². The second-order valence-corrected chi connectivity index (χ2v) is 3.23. The maximum atomic E-state index is 13.1. The van der Waals surface area contributed by atoms with Crippen LogP contribution in [-0.2, 0) is 4.79 Å². The molecule has 6 heteroatoms. The van der Waals surface area contributed by atoms with Crippen LogP contribution in [0.25, 0.3) is 0 Å². The predicted octanol–water partition coefficient (Wildman–Crippen LogP) is 1.85. The molecule has 14 heavy (non-hydrogen) atoms. The van der Waals surface area contributed by atoms with Crippen molar-refractivity contribution >= 4 is 34.0 Å². The average molecular weight is 262 g/mol. The number of carbonyl (C=O) groups is 2. The first-order chi connectivity index (χ1) is 6.56. The van der Waals surface area contributed by atoms with Crippen LogP contribution in [0.2, 0.25) is 0 Å². The van der Waals surface area contributed by atoms with Crippen LogP contribution < -0.4 is 5.32 Å². The van der Waals surface area contributed by atoms with Crippen LogP contribution in [0.15, 0.2) is 16.6 Å². The molecule has 0 saturated carbocycles. The summed E-state index contributed by atoms with van der Waals surface area (Å²) in [6.45, 7) is 0. The molecule has 1 rings (SSSR count). The van der Waals surface area contributed by atoms with Crippen LogP contribution in [0, 0.1) is 5.82 Å². The van der Waals surface area contributed by atoms with Gasteiger partial charge in [0.15, 0.2) is 0 Å². The minimum Gasteiger partial charge on any atom is -0.478 e. The normalized spacial score (nSPS) is 9.57. The summed E-state index contributed by atoms with van der Waals surface area (Å²) in [4.78, 5) is 20.6. The van der Waals surface area contributed by atoms with E-state index in [0.29, 0.717) is 6.41 Å². The second kappa shape index (κ2) is 4.19. The first-order valence-corrected chi connectivity index (χ1v) is 4.28. The van der Waals surface area contributed by atoms with Gasteiger partial charge in [-0.1, -0.05) is 0 Å². The Hall–Kier alpha value is -1.43. The molecule has 0 aliphatic rings. The van der Waals surface area contributed by atoms with Gasteiger partial charge in [0.1, 0.15) is 5.82 Å². The van der Waals surface area contributed by atoms with E-state index in [1.807, 2.05) is 0 Å². The molecule has 74 valence electrons. The van der Waals surface area contributed by atoms with Crippen molar-refractivity contribution in [2.45, 2.75) is 0 Å². The molecule has 2 N–H and O–H groups in total. The van der Waals surface area contributed by atoms with Crippen LogP contribution in [0.3, 0.4) is 0 Å². The summed E-state index contributed by atoms with van der Waals surface area (Å²) in [6, 6.07) is 2.02. The third-order valence-electron chi connectivity index (χ3n) is 1.50. The molecule has 1 aromatic carbocycles. The quantitative estimate of drug-likeness (QED) is 0.817. The average Bonchev–Trinajstić information content (AvgIpc) is 2.10. The zero-order valence-corrected chi connectivity index (χ0v) is 8.34. The number of hydrogen-bond acceptors (Lipinski definition) is 2. The lowest BCUT2D eigenvalue weighted by molar-refractivity contribution is -0.105. The highest BCUT2D eigenvalue weighted by Crippen LogP contribution is 2.24. The minimum atomic E-state index is -1.24. The van der Waals surface area contributed by atoms with Gasteiger partial charge in [-0.25, -0.2) is 9.18 Å². The highest BCUT2D eigenvalue weighted by atomic mass is 79.9. The van der Waals surface area contributed by atoms with Gasteiger partial charge in [0.05, 0.1) is 11.3 Å². The first-order valence-electron chi connectivity index (χ1n) is 3.48. The third kappa shape index (κ3) is 2.08. The van der Waals surface area contributed by atoms with E-state index < -0.39 is 11.8 Å². The number of aromatic carboxylic acids is 1. The lowest BCUT2D eigenvalue weighted by Gasteiger charge is -2.04. The first kappa shape index (κ1) is 10.6. The van der Waals surface area contributed by atoms with Gasteiger partial charge < -0.3 is 10.4 Å². The van der Waals surface area contributed by atoms with E-state index >= 15 is 0 Å². The van der Waals surface area contributed by atoms with E-state index in [1.165, 1.54) is 6.07 Å². The van der Waals surface area contributed by atoms with Crippen LogP contribution in [0.1, 0.15) is 10.4 Å². The maximum Gasteiger partial charge on any atom is 0.336 e. The van der Waals surface area contributed by atoms with Crippen molar-refractivity contribution < 1.29 is 19.1 Å². The predicted molar refractivity (Wildman–Crippen MR) is 50.7 cm³/mol. The summed E-state index contributed by atoms with van der Waals surface area (Å²) in [5.74, 6) is -2.04. The van der Waals surface area contributed by atoms with Gasteiger partial charge in [-0.2, -0.15) is 0 Å². The Labute approximate surface area is 86.9 Å². The largest absolute Gasteiger partial charge is 0.478 e. The standard InChI is InChI=1S/C8H5BrFNO3/c9-5-2-7(11-3-12)6(10)1-4(5)8(13)14/h1-3H,(H,11,12)(H,13,14). The third-order valence-corrected chi connectivity index (χ3v) is 2.16. The molecule has 0 aromatic heterocycles. The summed E-state index contributed by atoms with van der Waals surface area (Å²) < 4.78 is 13.3. The molecule has 1 amide bonds. The van der Waals surface area contributed by atoms with E-state index in [1.54, 1.807) is 0 Å². The number of carboxylic acid groups (broad SMARTS) is 1. The second-order valence-electron chi connectivity index (χ2n) is 2.38. The molecular formula is C8H5BrFNO3. The van der Waals surface area contributed by atoms with E-state index in [-0.39, 0.29) is 15.7 Å². The van der Waals surface area contributed by atoms with Crippen LogP contribution >= 0.6 is 15.9 Å². The molecule has 0 atom stereocenters. The summed E-state index contributed by atoms with van der Waals surface area (Å²) >= 11 is 2.95. The molecule has 1 aromatic rings. The van der Waals surface area contributed by atoms with Gasteiger partial charge >= 0.3 is 5.97 Å². The Kier molecular flexibility index (Phi) is 3.19. The summed E-state index contributed by atoms with van der Waals surface area (Å²) in [5.41, 5.74) is -0.268. The van der Waals surface area contributed by atoms with E-state index in [2.05, 4.69) is 21.2 Å². The fourth-order valence-electron chi connectivity index (χ4n) is 0.885. The van der Waals surface area contributed by atoms with Crippen LogP contribution in [0.5, 0.6) is 0 Å². The molecule has 4 nitrogen and oxygen atoms in total. The molecule has 0 saturated heterocycles. The fraction of sp³-hybridized carbons (Fsp3) is 0. The van der Waals surface area contributed by atoms with Crippen molar-refractivity contribution in [2.24, 2.45) is 0 Å². The molecule has 0 bridgehead atoms. The van der Waals surface area contributed by atoms with Crippen molar-refractivity contribution in [1.82, 2.24) is 0 Å². The lowest BCUT2D eigenvalue weighted by Crippen LogP contribution is -2.02. The van der Waals surface area contributed by atoms with Gasteiger partial charge in [0.25, 0.3) is 0 Å². The van der Waals surface area contributed by atoms with Crippen molar-refractivity contribution in [3.05, 3.63) is 28.0 Å². The molecule has 0 spiro atoms. The van der Waals surface area contributed by atoms with E-state index in [4.69, 9.17) is 5.11 Å². The summed E-state index contributed by atoms with van der Waals surface area (Å²) in [7, 11) is 0. The van der Waals surface area contributed by atoms with Gasteiger partial charge in [-0.3, -0.25) is 4.79 Å². The Morgan fingerprint density at radius 3 is 2.71 bits per heavy atom. The molecule has 0 aliphatic carbocycles. The summed E-state index contributed by atoms with van der Waals surface area (Å²) in [5, 5.41) is 10.7. The van der Waals surface area contributed by atoms with Gasteiger partial charge in [-0.05, 0) is 28.1 Å². The number of rotatable bonds is 3. The number of nitrogens with one attached hydrogen (secondary N) is 1. The number of hydrogen-bond donors (Lipinski definition) is 2. The number of carbonyl (C=O) groups excluding carboxylic acids is 1. The van der Waals surface area contributed by atoms with Crippen molar-refractivity contribution in [3.8, 4) is 0 Å². The van der Waals surface area contributed by atoms with Crippen molar-refractivity contribution in [2.75, 3.05) is 5.32 Å². The number of benzene rings is 1. The molecule has 0 radical (unpaired) electrons. The molecule has 0 fully saturated rings. The monoisotopic (exact) mass is 261 g/mol. The number of amides is 1. The highest BCUT2D eigenvalue weighted by molar-refractivity contribution is 9.10. The zero-order valence-electron chi connectivity index (χ0n) is 6.75. The van der Waals surface area contributed by atoms with Crippen molar-refractivity contribution in [1.29, 1.82) is 0 Å². The lowest BCUT2D eigenvalue weighted by atomic mass is 10.2. The van der Waals surface area contributed by atoms with Gasteiger partial charge in [-0.15, -0.1) is 0 Å². The SMILES string of the molecule is O=CNc1cc(Br)c(C(=O)O)cc1F. The number of anilines is 1. The molecule has 0 unspecified atom stereocenters. The van der Waals surface area contributed by atoms with Gasteiger partial charge in [0.2, 0.25) is 6.41 Å². The number of halogens is 2. The van der Waals surface area contributed by atoms with E-state index in [0.717, 1.165) is 6.07 Å². The summed E-state index contributed by atoms with van der Waals surface area (Å²) in [6.07, 6.45) is 0.311. The fourth-order valence-corrected chi connectivity index (χ4v) is 1.40. The maximum absolute atomic E-state index is 13.1. The van der Waals surface area contributed by atoms with Crippen molar-refractivity contribution in [3.63, 3.8) is 0 Å². The Morgan fingerprint density at radius 2 is 2.21 bits per heavy atom. The number of carboxylic acids is 1. The Morgan fingerprint density at radius 1 is 1.57 bits per heavy atom. The zero-order chi connectivity index (χ0) is 10.7. The minimum absolute atomic E-state index is 0.0723. The highest BCUT2D eigenvalue weighted by Gasteiger charge is 2.12. The van der Waals surface area contributed by atoms with E-state index in [9.17, 15) is 14.0 Å². The van der Waals surface area contributed by atoms with Crippen LogP contribution in [-0.4, -0.2) is 17.5 Å². The molecular weight excluding hydrogens is 257 g/mol. The smallest absolute Gasteiger partial charge is 0.336 e.